The van der Waals surface area contributed by atoms with Crippen molar-refractivity contribution in [2.45, 2.75) is 32.1 Å². The fourth-order valence-corrected chi connectivity index (χ4v) is 0.592. The Morgan fingerprint density at radius 2 is 1.92 bits per heavy atom. The Morgan fingerprint density at radius 3 is 2.23 bits per heavy atom. The van der Waals surface area contributed by atoms with Gasteiger partial charge in [0.1, 0.15) is 0 Å². The zero-order chi connectivity index (χ0) is 10.6. The number of ketones is 1. The molecule has 0 heterocycles. The summed E-state index contributed by atoms with van der Waals surface area (Å²) in [5, 5.41) is 0. The van der Waals surface area contributed by atoms with Crippen molar-refractivity contribution in [3.05, 3.63) is 12.2 Å². The van der Waals surface area contributed by atoms with E-state index in [2.05, 4.69) is 6.58 Å². The first-order valence-electron chi connectivity index (χ1n) is 3.68. The number of allylic oxidation sites excluding steroid dienone is 1. The van der Waals surface area contributed by atoms with Crippen LogP contribution >= 0.6 is 0 Å². The van der Waals surface area contributed by atoms with Gasteiger partial charge in [0.05, 0.1) is 0 Å². The van der Waals surface area contributed by atoms with Gasteiger partial charge in [-0.1, -0.05) is 19.1 Å². The molecule has 0 aliphatic carbocycles. The van der Waals surface area contributed by atoms with Crippen molar-refractivity contribution < 1.29 is 22.4 Å². The standard InChI is InChI=1S/C8H10F4O/c1-3-5(2)4-6(13)8(11,12)7(9)10/h7H,2-4H2,1H3. The maximum atomic E-state index is 12.3. The first-order chi connectivity index (χ1) is 5.82. The van der Waals surface area contributed by atoms with Crippen molar-refractivity contribution in [2.24, 2.45) is 0 Å². The Hall–Kier alpha value is -0.870. The maximum Gasteiger partial charge on any atom is 0.364 e. The van der Waals surface area contributed by atoms with Crippen molar-refractivity contribution in [3.63, 3.8) is 0 Å². The van der Waals surface area contributed by atoms with Crippen LogP contribution in [0.5, 0.6) is 0 Å². The summed E-state index contributed by atoms with van der Waals surface area (Å²) in [6, 6.07) is 0. The second-order valence-corrected chi connectivity index (χ2v) is 2.63. The summed E-state index contributed by atoms with van der Waals surface area (Å²) < 4.78 is 47.8. The molecule has 0 aliphatic heterocycles. The Bertz CT molecular complexity index is 210. The van der Waals surface area contributed by atoms with Crippen LogP contribution in [0.2, 0.25) is 0 Å². The molecular weight excluding hydrogens is 188 g/mol. The fourth-order valence-electron chi connectivity index (χ4n) is 0.592. The number of carbonyl (C=O) groups excluding carboxylic acids is 1. The highest BCUT2D eigenvalue weighted by atomic mass is 19.3. The van der Waals surface area contributed by atoms with E-state index in [0.717, 1.165) is 0 Å². The lowest BCUT2D eigenvalue weighted by molar-refractivity contribution is -0.166. The molecule has 0 aromatic heterocycles. The smallest absolute Gasteiger partial charge is 0.292 e. The third-order valence-electron chi connectivity index (χ3n) is 1.56. The van der Waals surface area contributed by atoms with Gasteiger partial charge < -0.3 is 0 Å². The van der Waals surface area contributed by atoms with E-state index < -0.39 is 24.6 Å². The second kappa shape index (κ2) is 4.39. The molecule has 0 aromatic rings. The molecule has 0 N–H and O–H groups in total. The molecular formula is C8H10F4O. The van der Waals surface area contributed by atoms with Crippen molar-refractivity contribution in [1.29, 1.82) is 0 Å². The zero-order valence-electron chi connectivity index (χ0n) is 7.12. The molecule has 0 bridgehead atoms. The molecule has 0 aromatic carbocycles. The van der Waals surface area contributed by atoms with E-state index >= 15 is 0 Å². The molecule has 76 valence electrons. The highest BCUT2D eigenvalue weighted by Gasteiger charge is 2.47. The van der Waals surface area contributed by atoms with E-state index in [-0.39, 0.29) is 5.57 Å². The normalized spacial score (nSPS) is 11.8. The minimum atomic E-state index is -4.54. The van der Waals surface area contributed by atoms with E-state index in [0.29, 0.717) is 6.42 Å². The Labute approximate surface area is 73.4 Å². The molecule has 0 unspecified atom stereocenters. The van der Waals surface area contributed by atoms with E-state index in [4.69, 9.17) is 0 Å². The van der Waals surface area contributed by atoms with Gasteiger partial charge >= 0.3 is 12.3 Å². The number of alkyl halides is 4. The fraction of sp³-hybridized carbons (Fsp3) is 0.625. The highest BCUT2D eigenvalue weighted by Crippen LogP contribution is 2.26. The van der Waals surface area contributed by atoms with Crippen LogP contribution in [0.15, 0.2) is 12.2 Å². The van der Waals surface area contributed by atoms with Crippen LogP contribution in [0, 0.1) is 0 Å². The van der Waals surface area contributed by atoms with Gasteiger partial charge in [0.25, 0.3) is 0 Å². The molecule has 0 amide bonds. The number of halogens is 4. The summed E-state index contributed by atoms with van der Waals surface area (Å²) in [7, 11) is 0. The second-order valence-electron chi connectivity index (χ2n) is 2.63. The molecule has 0 fully saturated rings. The summed E-state index contributed by atoms with van der Waals surface area (Å²) >= 11 is 0. The van der Waals surface area contributed by atoms with Gasteiger partial charge in [0.15, 0.2) is 0 Å². The molecule has 0 rings (SSSR count). The topological polar surface area (TPSA) is 17.1 Å². The minimum Gasteiger partial charge on any atom is -0.292 e. The van der Waals surface area contributed by atoms with E-state index in [9.17, 15) is 22.4 Å². The number of rotatable bonds is 5. The zero-order valence-corrected chi connectivity index (χ0v) is 7.12. The van der Waals surface area contributed by atoms with Crippen LogP contribution in [0.4, 0.5) is 17.6 Å². The van der Waals surface area contributed by atoms with Gasteiger partial charge in [-0.2, -0.15) is 8.78 Å². The van der Waals surface area contributed by atoms with Gasteiger partial charge in [-0.25, -0.2) is 8.78 Å². The molecule has 0 saturated carbocycles. The van der Waals surface area contributed by atoms with Crippen LogP contribution in [0.25, 0.3) is 0 Å². The molecule has 13 heavy (non-hydrogen) atoms. The van der Waals surface area contributed by atoms with Crippen molar-refractivity contribution >= 4 is 5.78 Å². The van der Waals surface area contributed by atoms with E-state index in [1.807, 2.05) is 0 Å². The first-order valence-corrected chi connectivity index (χ1v) is 3.68. The van der Waals surface area contributed by atoms with Crippen molar-refractivity contribution in [2.75, 3.05) is 0 Å². The summed E-state index contributed by atoms with van der Waals surface area (Å²) in [6.45, 7) is 4.89. The predicted octanol–water partition coefficient (Wildman–Crippen LogP) is 2.81. The number of Topliss-reactive ketones (excluding diaryl/α,β-unsaturated/α-hetero) is 1. The van der Waals surface area contributed by atoms with Crippen LogP contribution in [0.3, 0.4) is 0 Å². The van der Waals surface area contributed by atoms with Crippen LogP contribution < -0.4 is 0 Å². The van der Waals surface area contributed by atoms with Crippen LogP contribution in [0.1, 0.15) is 19.8 Å². The van der Waals surface area contributed by atoms with Gasteiger partial charge in [-0.05, 0) is 6.42 Å². The Balaban J connectivity index is 4.34. The number of hydrogen-bond acceptors (Lipinski definition) is 1. The van der Waals surface area contributed by atoms with E-state index in [1.54, 1.807) is 6.92 Å². The highest BCUT2D eigenvalue weighted by molar-refractivity contribution is 5.87. The molecule has 1 nitrogen and oxygen atoms in total. The quantitative estimate of drug-likeness (QED) is 0.490. The molecule has 0 atom stereocenters. The largest absolute Gasteiger partial charge is 0.364 e. The predicted molar refractivity (Wildman–Crippen MR) is 40.0 cm³/mol. The summed E-state index contributed by atoms with van der Waals surface area (Å²) in [5.74, 6) is -6.31. The van der Waals surface area contributed by atoms with Crippen molar-refractivity contribution in [1.82, 2.24) is 0 Å². The first kappa shape index (κ1) is 12.1. The molecule has 0 spiro atoms. The van der Waals surface area contributed by atoms with Crippen molar-refractivity contribution in [3.8, 4) is 0 Å². The average Bonchev–Trinajstić information content (AvgIpc) is 2.03. The monoisotopic (exact) mass is 198 g/mol. The average molecular weight is 198 g/mol. The molecule has 0 saturated heterocycles. The maximum absolute atomic E-state index is 12.3. The summed E-state index contributed by atoms with van der Waals surface area (Å²) in [5.41, 5.74) is 0.227. The third kappa shape index (κ3) is 3.16. The lowest BCUT2D eigenvalue weighted by Crippen LogP contribution is -2.36. The van der Waals surface area contributed by atoms with E-state index in [1.165, 1.54) is 0 Å². The Morgan fingerprint density at radius 1 is 1.46 bits per heavy atom. The van der Waals surface area contributed by atoms with Gasteiger partial charge in [-0.15, -0.1) is 0 Å². The van der Waals surface area contributed by atoms with Crippen LogP contribution in [-0.2, 0) is 4.79 Å². The van der Waals surface area contributed by atoms with Gasteiger partial charge in [0, 0.05) is 6.42 Å². The summed E-state index contributed by atoms with van der Waals surface area (Å²) in [6.07, 6.45) is -4.30. The number of carbonyl (C=O) groups is 1. The lowest BCUT2D eigenvalue weighted by atomic mass is 10.0. The lowest BCUT2D eigenvalue weighted by Gasteiger charge is -2.13. The molecule has 5 heteroatoms. The number of hydrogen-bond donors (Lipinski definition) is 0. The Kier molecular flexibility index (Phi) is 4.10. The summed E-state index contributed by atoms with van der Waals surface area (Å²) in [4.78, 5) is 10.6. The third-order valence-corrected chi connectivity index (χ3v) is 1.56. The van der Waals surface area contributed by atoms with Gasteiger partial charge in [-0.3, -0.25) is 4.79 Å². The minimum absolute atomic E-state index is 0.227. The van der Waals surface area contributed by atoms with Gasteiger partial charge in [0.2, 0.25) is 5.78 Å². The van der Waals surface area contributed by atoms with Crippen LogP contribution in [-0.4, -0.2) is 18.1 Å². The molecule has 0 aliphatic rings. The molecule has 0 radical (unpaired) electrons. The SMILES string of the molecule is C=C(CC)CC(=O)C(F)(F)C(F)F.